The van der Waals surface area contributed by atoms with Gasteiger partial charge >= 0.3 is 0 Å². The molecule has 3 aromatic carbocycles. The summed E-state index contributed by atoms with van der Waals surface area (Å²) in [6.07, 6.45) is 3.41. The predicted octanol–water partition coefficient (Wildman–Crippen LogP) is 6.52. The molecule has 0 unspecified atom stereocenters. The number of carbonyl (C=O) groups is 1. The number of amides is 1. The second-order valence-electron chi connectivity index (χ2n) is 6.77. The third-order valence-electron chi connectivity index (χ3n) is 4.67. The van der Waals surface area contributed by atoms with Gasteiger partial charge in [0.25, 0.3) is 0 Å². The number of thioether (sulfide) groups is 1. The van der Waals surface area contributed by atoms with Crippen molar-refractivity contribution in [2.24, 2.45) is 0 Å². The van der Waals surface area contributed by atoms with Crippen LogP contribution in [0.4, 0.5) is 0 Å². The van der Waals surface area contributed by atoms with E-state index in [-0.39, 0.29) is 5.91 Å². The average Bonchev–Trinajstić information content (AvgIpc) is 3.15. The van der Waals surface area contributed by atoms with Crippen LogP contribution in [0.25, 0.3) is 28.2 Å². The summed E-state index contributed by atoms with van der Waals surface area (Å²) in [5, 5.41) is 4.17. The van der Waals surface area contributed by atoms with Crippen LogP contribution in [0.15, 0.2) is 94.3 Å². The predicted molar refractivity (Wildman–Crippen MR) is 131 cm³/mol. The van der Waals surface area contributed by atoms with Crippen molar-refractivity contribution in [3.63, 3.8) is 0 Å². The number of para-hydroxylation sites is 1. The first-order valence-electron chi connectivity index (χ1n) is 9.71. The summed E-state index contributed by atoms with van der Waals surface area (Å²) in [5.41, 5.74) is 4.39. The molecule has 1 amide bonds. The van der Waals surface area contributed by atoms with E-state index in [4.69, 9.17) is 0 Å². The van der Waals surface area contributed by atoms with Crippen LogP contribution in [0, 0.1) is 0 Å². The van der Waals surface area contributed by atoms with Crippen LogP contribution < -0.4 is 5.32 Å². The minimum Gasteiger partial charge on any atom is -0.354 e. The molecule has 5 heteroatoms. The zero-order valence-corrected chi connectivity index (χ0v) is 18.7. The van der Waals surface area contributed by atoms with Crippen LogP contribution >= 0.6 is 27.7 Å². The van der Waals surface area contributed by atoms with E-state index in [0.29, 0.717) is 6.54 Å². The molecule has 0 atom stereocenters. The van der Waals surface area contributed by atoms with Crippen molar-refractivity contribution in [1.29, 1.82) is 0 Å². The Morgan fingerprint density at radius 1 is 0.967 bits per heavy atom. The Morgan fingerprint density at radius 3 is 2.50 bits per heavy atom. The van der Waals surface area contributed by atoms with E-state index in [9.17, 15) is 4.79 Å². The number of halogens is 1. The molecule has 0 radical (unpaired) electrons. The minimum absolute atomic E-state index is 0.0773. The van der Waals surface area contributed by atoms with Gasteiger partial charge in [-0.1, -0.05) is 76.6 Å². The summed E-state index contributed by atoms with van der Waals surface area (Å²) >= 11 is 5.26. The van der Waals surface area contributed by atoms with Crippen LogP contribution in [-0.2, 0) is 4.79 Å². The van der Waals surface area contributed by atoms with Gasteiger partial charge in [-0.3, -0.25) is 4.79 Å². The molecule has 0 aliphatic rings. The first-order valence-corrected chi connectivity index (χ1v) is 11.5. The summed E-state index contributed by atoms with van der Waals surface area (Å²) < 4.78 is 1.06. The lowest BCUT2D eigenvalue weighted by Gasteiger charge is -2.06. The minimum atomic E-state index is -0.0773. The number of hydrogen-bond acceptors (Lipinski definition) is 2. The number of aromatic nitrogens is 1. The Kier molecular flexibility index (Phi) is 6.72. The number of benzene rings is 3. The SMILES string of the molecule is O=C(/C=C/c1ccccc1)NCCSc1c(-c2ccc(Br)cc2)[nH]c2ccccc12. The average molecular weight is 477 g/mol. The highest BCUT2D eigenvalue weighted by atomic mass is 79.9. The van der Waals surface area contributed by atoms with Gasteiger partial charge in [-0.2, -0.15) is 0 Å². The van der Waals surface area contributed by atoms with E-state index in [2.05, 4.69) is 68.7 Å². The quantitative estimate of drug-likeness (QED) is 0.181. The van der Waals surface area contributed by atoms with E-state index in [0.717, 1.165) is 32.6 Å². The summed E-state index contributed by atoms with van der Waals surface area (Å²) in [4.78, 5) is 16.9. The Hall–Kier alpha value is -2.76. The van der Waals surface area contributed by atoms with Gasteiger partial charge in [-0.25, -0.2) is 0 Å². The lowest BCUT2D eigenvalue weighted by Crippen LogP contribution is -2.23. The molecule has 0 saturated carbocycles. The number of hydrogen-bond donors (Lipinski definition) is 2. The third kappa shape index (κ3) is 5.04. The van der Waals surface area contributed by atoms with Crippen LogP contribution in [0.5, 0.6) is 0 Å². The molecule has 0 bridgehead atoms. The van der Waals surface area contributed by atoms with Gasteiger partial charge in [0, 0.05) is 38.6 Å². The van der Waals surface area contributed by atoms with Crippen molar-refractivity contribution in [3.05, 3.63) is 95.0 Å². The molecular formula is C25H21BrN2OS. The maximum absolute atomic E-state index is 12.1. The van der Waals surface area contributed by atoms with Gasteiger partial charge in [-0.15, -0.1) is 11.8 Å². The highest BCUT2D eigenvalue weighted by molar-refractivity contribution is 9.10. The molecule has 1 aromatic heterocycles. The molecule has 3 nitrogen and oxygen atoms in total. The van der Waals surface area contributed by atoms with Crippen LogP contribution in [0.3, 0.4) is 0 Å². The van der Waals surface area contributed by atoms with Crippen LogP contribution in [-0.4, -0.2) is 23.2 Å². The smallest absolute Gasteiger partial charge is 0.244 e. The van der Waals surface area contributed by atoms with Crippen molar-refractivity contribution in [3.8, 4) is 11.3 Å². The van der Waals surface area contributed by atoms with E-state index in [1.807, 2.05) is 42.5 Å². The summed E-state index contributed by atoms with van der Waals surface area (Å²) in [6, 6.07) is 26.5. The standard InChI is InChI=1S/C25H21BrN2OS/c26-20-13-11-19(12-14-20)24-25(21-8-4-5-9-22(21)28-24)30-17-16-27-23(29)15-10-18-6-2-1-3-7-18/h1-15,28H,16-17H2,(H,27,29)/b15-10+. The molecule has 4 rings (SSSR count). The second-order valence-corrected chi connectivity index (χ2v) is 8.79. The van der Waals surface area contributed by atoms with Crippen molar-refractivity contribution in [2.75, 3.05) is 12.3 Å². The summed E-state index contributed by atoms with van der Waals surface area (Å²) in [6.45, 7) is 0.599. The Balaban J connectivity index is 1.42. The maximum atomic E-state index is 12.1. The first-order chi connectivity index (χ1) is 14.7. The Morgan fingerprint density at radius 2 is 1.70 bits per heavy atom. The number of nitrogens with one attached hydrogen (secondary N) is 2. The molecule has 0 saturated heterocycles. The molecule has 4 aromatic rings. The lowest BCUT2D eigenvalue weighted by atomic mass is 10.1. The maximum Gasteiger partial charge on any atom is 0.244 e. The highest BCUT2D eigenvalue weighted by Crippen LogP contribution is 2.37. The van der Waals surface area contributed by atoms with Crippen molar-refractivity contribution >= 4 is 50.6 Å². The fourth-order valence-electron chi connectivity index (χ4n) is 3.21. The van der Waals surface area contributed by atoms with Crippen molar-refractivity contribution in [1.82, 2.24) is 10.3 Å². The van der Waals surface area contributed by atoms with Crippen molar-refractivity contribution < 1.29 is 4.79 Å². The molecule has 0 aliphatic heterocycles. The van der Waals surface area contributed by atoms with Gasteiger partial charge in [0.1, 0.15) is 0 Å². The zero-order chi connectivity index (χ0) is 20.8. The molecule has 0 spiro atoms. The molecule has 1 heterocycles. The normalized spacial score (nSPS) is 11.2. The third-order valence-corrected chi connectivity index (χ3v) is 6.32. The van der Waals surface area contributed by atoms with Gasteiger partial charge < -0.3 is 10.3 Å². The topological polar surface area (TPSA) is 44.9 Å². The summed E-state index contributed by atoms with van der Waals surface area (Å²) in [7, 11) is 0. The number of fused-ring (bicyclic) bond motifs is 1. The number of rotatable bonds is 7. The molecule has 150 valence electrons. The van der Waals surface area contributed by atoms with E-state index in [1.165, 1.54) is 10.3 Å². The van der Waals surface area contributed by atoms with Crippen LogP contribution in [0.1, 0.15) is 5.56 Å². The van der Waals surface area contributed by atoms with Crippen LogP contribution in [0.2, 0.25) is 0 Å². The number of aromatic amines is 1. The van der Waals surface area contributed by atoms with E-state index in [1.54, 1.807) is 17.8 Å². The highest BCUT2D eigenvalue weighted by Gasteiger charge is 2.13. The molecule has 30 heavy (non-hydrogen) atoms. The molecule has 0 fully saturated rings. The molecule has 0 aliphatic carbocycles. The summed E-state index contributed by atoms with van der Waals surface area (Å²) in [5.74, 6) is 0.711. The van der Waals surface area contributed by atoms with Crippen molar-refractivity contribution in [2.45, 2.75) is 4.90 Å². The largest absolute Gasteiger partial charge is 0.354 e. The number of H-pyrrole nitrogens is 1. The fourth-order valence-corrected chi connectivity index (χ4v) is 4.53. The Labute approximate surface area is 188 Å². The monoisotopic (exact) mass is 476 g/mol. The van der Waals surface area contributed by atoms with E-state index < -0.39 is 0 Å². The van der Waals surface area contributed by atoms with Gasteiger partial charge in [0.05, 0.1) is 5.69 Å². The number of carbonyl (C=O) groups excluding carboxylic acids is 1. The fraction of sp³-hybridized carbons (Fsp3) is 0.0800. The lowest BCUT2D eigenvalue weighted by molar-refractivity contribution is -0.116. The second kappa shape index (κ2) is 9.83. The first kappa shape index (κ1) is 20.5. The van der Waals surface area contributed by atoms with Gasteiger partial charge in [-0.05, 0) is 35.4 Å². The van der Waals surface area contributed by atoms with E-state index >= 15 is 0 Å². The molecular weight excluding hydrogens is 456 g/mol. The Bertz CT molecular complexity index is 1170. The van der Waals surface area contributed by atoms with Gasteiger partial charge in [0.2, 0.25) is 5.91 Å². The van der Waals surface area contributed by atoms with Gasteiger partial charge in [0.15, 0.2) is 0 Å². The zero-order valence-electron chi connectivity index (χ0n) is 16.3. The molecule has 2 N–H and O–H groups in total.